The Kier molecular flexibility index (Phi) is 7.61. The first-order valence-electron chi connectivity index (χ1n) is 11.5. The summed E-state index contributed by atoms with van der Waals surface area (Å²) in [6, 6.07) is 7.72. The number of anilines is 2. The van der Waals surface area contributed by atoms with Crippen molar-refractivity contribution in [1.29, 1.82) is 0 Å². The monoisotopic (exact) mass is 502 g/mol. The van der Waals surface area contributed by atoms with Crippen molar-refractivity contribution in [3.63, 3.8) is 0 Å². The number of pyridine rings is 1. The van der Waals surface area contributed by atoms with E-state index in [1.165, 1.54) is 30.6 Å². The van der Waals surface area contributed by atoms with Crippen LogP contribution in [0.4, 0.5) is 19.7 Å². The molecule has 0 amide bonds. The molecule has 0 bridgehead atoms. The SMILES string of the molecule is CCC1CC(Cc2nc(Nc3nccs3)ccc2F)(C(=O)O)CCN1Cc1cccc(OC)c1F. The number of carbonyl (C=O) groups is 1. The summed E-state index contributed by atoms with van der Waals surface area (Å²) < 4.78 is 34.6. The molecule has 1 aliphatic rings. The topological polar surface area (TPSA) is 87.6 Å². The lowest BCUT2D eigenvalue weighted by Crippen LogP contribution is -2.50. The number of nitrogens with zero attached hydrogens (tertiary/aromatic N) is 3. The highest BCUT2D eigenvalue weighted by molar-refractivity contribution is 7.13. The van der Waals surface area contributed by atoms with Crippen molar-refractivity contribution in [2.24, 2.45) is 5.41 Å². The number of thiazole rings is 1. The van der Waals surface area contributed by atoms with Gasteiger partial charge in [0.1, 0.15) is 11.6 Å². The number of hydrogen-bond donors (Lipinski definition) is 2. The number of hydrogen-bond acceptors (Lipinski definition) is 7. The number of rotatable bonds is 9. The molecule has 3 heterocycles. The van der Waals surface area contributed by atoms with Crippen molar-refractivity contribution >= 4 is 28.3 Å². The summed E-state index contributed by atoms with van der Waals surface area (Å²) in [5.74, 6) is -1.32. The van der Waals surface area contributed by atoms with Crippen LogP contribution in [0.25, 0.3) is 0 Å². The molecule has 0 aliphatic carbocycles. The minimum atomic E-state index is -1.17. The number of benzene rings is 1. The van der Waals surface area contributed by atoms with Crippen LogP contribution in [0.5, 0.6) is 5.75 Å². The van der Waals surface area contributed by atoms with Gasteiger partial charge in [0.05, 0.1) is 18.2 Å². The van der Waals surface area contributed by atoms with Gasteiger partial charge in [-0.1, -0.05) is 19.1 Å². The zero-order chi connectivity index (χ0) is 25.0. The number of piperidine rings is 1. The van der Waals surface area contributed by atoms with Crippen LogP contribution < -0.4 is 10.1 Å². The van der Waals surface area contributed by atoms with E-state index in [4.69, 9.17) is 4.74 Å². The van der Waals surface area contributed by atoms with E-state index in [0.29, 0.717) is 48.9 Å². The molecule has 35 heavy (non-hydrogen) atoms. The Morgan fingerprint density at radius 2 is 2.17 bits per heavy atom. The third-order valence-electron chi connectivity index (χ3n) is 6.67. The van der Waals surface area contributed by atoms with Crippen LogP contribution in [-0.4, -0.2) is 45.6 Å². The van der Waals surface area contributed by atoms with E-state index in [9.17, 15) is 18.7 Å². The number of likely N-dealkylation sites (tertiary alicyclic amines) is 1. The number of nitrogens with one attached hydrogen (secondary N) is 1. The van der Waals surface area contributed by atoms with Gasteiger partial charge in [0.2, 0.25) is 0 Å². The molecule has 7 nitrogen and oxygen atoms in total. The van der Waals surface area contributed by atoms with E-state index in [1.807, 2.05) is 12.3 Å². The average molecular weight is 503 g/mol. The molecule has 3 aromatic rings. The Morgan fingerprint density at radius 1 is 1.34 bits per heavy atom. The molecule has 10 heteroatoms. The summed E-state index contributed by atoms with van der Waals surface area (Å²) in [4.78, 5) is 23.1. The molecule has 1 aromatic carbocycles. The van der Waals surface area contributed by atoms with Crippen molar-refractivity contribution in [3.8, 4) is 5.75 Å². The largest absolute Gasteiger partial charge is 0.494 e. The summed E-state index contributed by atoms with van der Waals surface area (Å²) in [5.41, 5.74) is -0.562. The number of ether oxygens (including phenoxy) is 1. The van der Waals surface area contributed by atoms with Gasteiger partial charge in [-0.3, -0.25) is 9.69 Å². The molecular weight excluding hydrogens is 474 g/mol. The molecule has 2 aromatic heterocycles. The molecule has 1 fully saturated rings. The maximum atomic E-state index is 14.7. The maximum Gasteiger partial charge on any atom is 0.310 e. The minimum Gasteiger partial charge on any atom is -0.494 e. The summed E-state index contributed by atoms with van der Waals surface area (Å²) >= 11 is 1.38. The van der Waals surface area contributed by atoms with Gasteiger partial charge < -0.3 is 15.2 Å². The smallest absolute Gasteiger partial charge is 0.310 e. The highest BCUT2D eigenvalue weighted by Crippen LogP contribution is 2.40. The second kappa shape index (κ2) is 10.7. The number of carboxylic acids is 1. The fourth-order valence-electron chi connectivity index (χ4n) is 4.71. The zero-order valence-corrected chi connectivity index (χ0v) is 20.4. The van der Waals surface area contributed by atoms with Crippen molar-refractivity contribution in [3.05, 3.63) is 64.8 Å². The van der Waals surface area contributed by atoms with Crippen LogP contribution in [0, 0.1) is 17.0 Å². The van der Waals surface area contributed by atoms with Gasteiger partial charge in [0, 0.05) is 36.1 Å². The highest BCUT2D eigenvalue weighted by atomic mass is 32.1. The van der Waals surface area contributed by atoms with Crippen LogP contribution >= 0.6 is 11.3 Å². The van der Waals surface area contributed by atoms with E-state index >= 15 is 0 Å². The molecule has 0 saturated carbocycles. The van der Waals surface area contributed by atoms with Crippen molar-refractivity contribution in [2.75, 3.05) is 19.0 Å². The fourth-order valence-corrected chi connectivity index (χ4v) is 5.25. The van der Waals surface area contributed by atoms with Crippen LogP contribution in [-0.2, 0) is 17.8 Å². The van der Waals surface area contributed by atoms with E-state index in [2.05, 4.69) is 20.2 Å². The third kappa shape index (κ3) is 5.43. The maximum absolute atomic E-state index is 14.7. The third-order valence-corrected chi connectivity index (χ3v) is 7.36. The standard InChI is InChI=1S/C25H28F2N4O3S/c1-3-17-13-25(23(32)33,9-11-31(17)15-16-5-4-6-20(34-2)22(16)27)14-19-18(26)7-8-21(29-19)30-24-28-10-12-35-24/h4-8,10,12,17H,3,9,11,13-15H2,1-2H3,(H,32,33)(H,28,29,30). The first kappa shape index (κ1) is 25.0. The Balaban J connectivity index is 1.54. The Bertz CT molecular complexity index is 1180. The second-order valence-corrected chi connectivity index (χ2v) is 9.66. The minimum absolute atomic E-state index is 0.0284. The van der Waals surface area contributed by atoms with Gasteiger partial charge in [-0.05, 0) is 44.0 Å². The normalized spacial score (nSPS) is 20.5. The highest BCUT2D eigenvalue weighted by Gasteiger charge is 2.46. The summed E-state index contributed by atoms with van der Waals surface area (Å²) in [6.45, 7) is 2.77. The van der Waals surface area contributed by atoms with Gasteiger partial charge in [-0.15, -0.1) is 11.3 Å². The molecule has 186 valence electrons. The van der Waals surface area contributed by atoms with E-state index in [-0.39, 0.29) is 23.9 Å². The van der Waals surface area contributed by atoms with Gasteiger partial charge in [-0.25, -0.2) is 18.7 Å². The van der Waals surface area contributed by atoms with Crippen LogP contribution in [0.15, 0.2) is 41.9 Å². The number of halogens is 2. The van der Waals surface area contributed by atoms with Crippen molar-refractivity contribution in [2.45, 2.75) is 45.2 Å². The van der Waals surface area contributed by atoms with Crippen LogP contribution in [0.2, 0.25) is 0 Å². The van der Waals surface area contributed by atoms with Crippen LogP contribution in [0.1, 0.15) is 37.4 Å². The first-order chi connectivity index (χ1) is 16.8. The van der Waals surface area contributed by atoms with Gasteiger partial charge in [0.15, 0.2) is 16.7 Å². The van der Waals surface area contributed by atoms with Gasteiger partial charge >= 0.3 is 5.97 Å². The average Bonchev–Trinajstić information content (AvgIpc) is 3.36. The lowest BCUT2D eigenvalue weighted by atomic mass is 9.71. The molecule has 0 radical (unpaired) electrons. The van der Waals surface area contributed by atoms with E-state index in [1.54, 1.807) is 24.4 Å². The number of carboxylic acid groups (broad SMARTS) is 1. The summed E-state index contributed by atoms with van der Waals surface area (Å²) in [5, 5.41) is 15.7. The van der Waals surface area contributed by atoms with Crippen molar-refractivity contribution in [1.82, 2.24) is 14.9 Å². The number of aliphatic carboxylic acids is 1. The molecule has 2 unspecified atom stereocenters. The Hall–Kier alpha value is -3.11. The second-order valence-electron chi connectivity index (χ2n) is 8.77. The summed E-state index contributed by atoms with van der Waals surface area (Å²) in [7, 11) is 1.42. The predicted molar refractivity (Wildman–Crippen MR) is 130 cm³/mol. The fraction of sp³-hybridized carbons (Fsp3) is 0.400. The molecule has 2 N–H and O–H groups in total. The predicted octanol–water partition coefficient (Wildman–Crippen LogP) is 5.26. The molecule has 1 aliphatic heterocycles. The molecule has 0 spiro atoms. The Morgan fingerprint density at radius 3 is 2.86 bits per heavy atom. The lowest BCUT2D eigenvalue weighted by Gasteiger charge is -2.44. The van der Waals surface area contributed by atoms with Crippen LogP contribution in [0.3, 0.4) is 0 Å². The van der Waals surface area contributed by atoms with Gasteiger partial charge in [-0.2, -0.15) is 0 Å². The summed E-state index contributed by atoms with van der Waals surface area (Å²) in [6.07, 6.45) is 2.92. The van der Waals surface area contributed by atoms with Crippen molar-refractivity contribution < 1.29 is 23.4 Å². The Labute approximate surface area is 206 Å². The molecular formula is C25H28F2N4O3S. The first-order valence-corrected chi connectivity index (χ1v) is 12.3. The number of aromatic nitrogens is 2. The van der Waals surface area contributed by atoms with E-state index < -0.39 is 23.0 Å². The molecule has 1 saturated heterocycles. The molecule has 2 atom stereocenters. The van der Waals surface area contributed by atoms with Gasteiger partial charge in [0.25, 0.3) is 0 Å². The molecule has 4 rings (SSSR count). The van der Waals surface area contributed by atoms with E-state index in [0.717, 1.165) is 0 Å². The number of methoxy groups -OCH3 is 1. The zero-order valence-electron chi connectivity index (χ0n) is 19.6. The lowest BCUT2D eigenvalue weighted by molar-refractivity contribution is -0.154. The quantitative estimate of drug-likeness (QED) is 0.413.